The molecule has 0 radical (unpaired) electrons. The molecular formula is C15H17NO4. The summed E-state index contributed by atoms with van der Waals surface area (Å²) in [7, 11) is 0. The molecule has 1 aliphatic heterocycles. The van der Waals surface area contributed by atoms with E-state index in [1.54, 1.807) is 19.1 Å². The third kappa shape index (κ3) is 2.41. The molecule has 20 heavy (non-hydrogen) atoms. The Morgan fingerprint density at radius 1 is 1.35 bits per heavy atom. The largest absolute Gasteiger partial charge is 0.466 e. The average molecular weight is 275 g/mol. The van der Waals surface area contributed by atoms with Gasteiger partial charge in [-0.15, -0.1) is 0 Å². The molecule has 0 spiro atoms. The zero-order valence-electron chi connectivity index (χ0n) is 11.2. The van der Waals surface area contributed by atoms with Crippen LogP contribution in [-0.4, -0.2) is 36.7 Å². The molecule has 1 aromatic carbocycles. The van der Waals surface area contributed by atoms with E-state index >= 15 is 0 Å². The number of epoxide rings is 1. The van der Waals surface area contributed by atoms with Crippen LogP contribution in [0.4, 0.5) is 0 Å². The summed E-state index contributed by atoms with van der Waals surface area (Å²) in [6.07, 6.45) is 0.672. The van der Waals surface area contributed by atoms with Gasteiger partial charge in [-0.2, -0.15) is 0 Å². The Morgan fingerprint density at radius 3 is 2.80 bits per heavy atom. The van der Waals surface area contributed by atoms with E-state index in [9.17, 15) is 9.59 Å². The molecule has 4 atom stereocenters. The van der Waals surface area contributed by atoms with Crippen LogP contribution in [0.3, 0.4) is 0 Å². The highest BCUT2D eigenvalue weighted by atomic mass is 16.6. The fourth-order valence-electron chi connectivity index (χ4n) is 2.79. The number of amides is 1. The van der Waals surface area contributed by atoms with Crippen LogP contribution >= 0.6 is 0 Å². The Labute approximate surface area is 117 Å². The van der Waals surface area contributed by atoms with Crippen molar-refractivity contribution in [2.75, 3.05) is 6.61 Å². The number of ether oxygens (including phenoxy) is 2. The summed E-state index contributed by atoms with van der Waals surface area (Å²) < 4.78 is 10.5. The summed E-state index contributed by atoms with van der Waals surface area (Å²) in [6, 6.07) is 8.68. The summed E-state index contributed by atoms with van der Waals surface area (Å²) in [4.78, 5) is 24.1. The lowest BCUT2D eigenvalue weighted by atomic mass is 10.0. The predicted molar refractivity (Wildman–Crippen MR) is 71.1 cm³/mol. The molecule has 1 N–H and O–H groups in total. The van der Waals surface area contributed by atoms with Crippen molar-refractivity contribution >= 4 is 11.9 Å². The van der Waals surface area contributed by atoms with Crippen LogP contribution in [0.2, 0.25) is 0 Å². The normalized spacial score (nSPS) is 30.4. The number of carbonyl (C=O) groups excluding carboxylic acids is 2. The molecule has 0 unspecified atom stereocenters. The molecule has 1 heterocycles. The maximum absolute atomic E-state index is 12.2. The second-order valence-corrected chi connectivity index (χ2v) is 5.10. The maximum atomic E-state index is 12.2. The van der Waals surface area contributed by atoms with Gasteiger partial charge in [0.15, 0.2) is 0 Å². The fourth-order valence-corrected chi connectivity index (χ4v) is 2.79. The van der Waals surface area contributed by atoms with E-state index in [0.29, 0.717) is 18.6 Å². The molecule has 106 valence electrons. The molecule has 3 rings (SSSR count). The average Bonchev–Trinajstić information content (AvgIpc) is 3.15. The van der Waals surface area contributed by atoms with E-state index in [0.717, 1.165) is 0 Å². The smallest absolute Gasteiger partial charge is 0.311 e. The minimum absolute atomic E-state index is 0.0444. The highest BCUT2D eigenvalue weighted by molar-refractivity contribution is 5.94. The van der Waals surface area contributed by atoms with Crippen LogP contribution in [0.25, 0.3) is 0 Å². The van der Waals surface area contributed by atoms with Crippen molar-refractivity contribution in [1.29, 1.82) is 0 Å². The molecule has 1 aliphatic carbocycles. The van der Waals surface area contributed by atoms with Gasteiger partial charge in [0.1, 0.15) is 6.10 Å². The minimum Gasteiger partial charge on any atom is -0.466 e. The van der Waals surface area contributed by atoms with Crippen molar-refractivity contribution in [1.82, 2.24) is 5.32 Å². The van der Waals surface area contributed by atoms with Gasteiger partial charge in [0.25, 0.3) is 5.91 Å². The Morgan fingerprint density at radius 2 is 2.10 bits per heavy atom. The molecule has 2 aliphatic rings. The van der Waals surface area contributed by atoms with Gasteiger partial charge < -0.3 is 14.8 Å². The Balaban J connectivity index is 1.69. The number of nitrogens with one attached hydrogen (secondary N) is 1. The lowest BCUT2D eigenvalue weighted by molar-refractivity contribution is -0.149. The zero-order chi connectivity index (χ0) is 14.1. The number of esters is 1. The molecule has 1 saturated carbocycles. The van der Waals surface area contributed by atoms with Crippen LogP contribution in [0.1, 0.15) is 23.7 Å². The molecule has 1 saturated heterocycles. The van der Waals surface area contributed by atoms with Crippen LogP contribution in [0.5, 0.6) is 0 Å². The number of carbonyl (C=O) groups is 2. The number of fused-ring (bicyclic) bond motifs is 1. The van der Waals surface area contributed by atoms with E-state index in [1.807, 2.05) is 18.2 Å². The molecule has 1 amide bonds. The first-order chi connectivity index (χ1) is 9.70. The topological polar surface area (TPSA) is 67.9 Å². The van der Waals surface area contributed by atoms with Gasteiger partial charge in [0.05, 0.1) is 24.7 Å². The number of hydrogen-bond donors (Lipinski definition) is 1. The molecular weight excluding hydrogens is 258 g/mol. The van der Waals surface area contributed by atoms with Crippen LogP contribution in [-0.2, 0) is 14.3 Å². The number of rotatable bonds is 4. The van der Waals surface area contributed by atoms with Gasteiger partial charge in [-0.1, -0.05) is 18.2 Å². The van der Waals surface area contributed by atoms with Crippen molar-refractivity contribution in [2.24, 2.45) is 5.92 Å². The second kappa shape index (κ2) is 5.25. The molecule has 2 fully saturated rings. The quantitative estimate of drug-likeness (QED) is 0.661. The van der Waals surface area contributed by atoms with Gasteiger partial charge in [0, 0.05) is 5.56 Å². The maximum Gasteiger partial charge on any atom is 0.311 e. The van der Waals surface area contributed by atoms with E-state index < -0.39 is 0 Å². The summed E-state index contributed by atoms with van der Waals surface area (Å²) >= 11 is 0. The highest BCUT2D eigenvalue weighted by Gasteiger charge is 2.58. The van der Waals surface area contributed by atoms with Gasteiger partial charge in [0.2, 0.25) is 0 Å². The molecule has 0 aromatic heterocycles. The fraction of sp³-hybridized carbons (Fsp3) is 0.467. The minimum atomic E-state index is -0.300. The van der Waals surface area contributed by atoms with Gasteiger partial charge in [-0.05, 0) is 25.5 Å². The highest BCUT2D eigenvalue weighted by Crippen LogP contribution is 2.43. The Kier molecular flexibility index (Phi) is 3.44. The van der Waals surface area contributed by atoms with Crippen LogP contribution in [0.15, 0.2) is 30.3 Å². The first-order valence-corrected chi connectivity index (χ1v) is 6.88. The van der Waals surface area contributed by atoms with Crippen LogP contribution in [0, 0.1) is 5.92 Å². The van der Waals surface area contributed by atoms with Crippen molar-refractivity contribution in [3.63, 3.8) is 0 Å². The van der Waals surface area contributed by atoms with Crippen molar-refractivity contribution in [3.8, 4) is 0 Å². The van der Waals surface area contributed by atoms with Crippen molar-refractivity contribution in [2.45, 2.75) is 31.6 Å². The van der Waals surface area contributed by atoms with Gasteiger partial charge >= 0.3 is 5.97 Å². The first-order valence-electron chi connectivity index (χ1n) is 6.88. The summed E-state index contributed by atoms with van der Waals surface area (Å²) in [5.74, 6) is -0.728. The summed E-state index contributed by atoms with van der Waals surface area (Å²) in [5.41, 5.74) is 0.583. The predicted octanol–water partition coefficient (Wildman–Crippen LogP) is 1.14. The molecule has 1 aromatic rings. The van der Waals surface area contributed by atoms with Crippen molar-refractivity contribution < 1.29 is 19.1 Å². The summed E-state index contributed by atoms with van der Waals surface area (Å²) in [5, 5.41) is 2.91. The monoisotopic (exact) mass is 275 g/mol. The summed E-state index contributed by atoms with van der Waals surface area (Å²) in [6.45, 7) is 2.13. The third-order valence-corrected chi connectivity index (χ3v) is 3.82. The number of hydrogen-bond acceptors (Lipinski definition) is 4. The molecule has 5 heteroatoms. The van der Waals surface area contributed by atoms with Gasteiger partial charge in [-0.3, -0.25) is 9.59 Å². The van der Waals surface area contributed by atoms with E-state index in [1.165, 1.54) is 0 Å². The standard InChI is InChI=1S/C15H17NO4/c1-2-19-15(18)10-8-11-13(20-11)12(10)16-14(17)9-6-4-3-5-7-9/h3-7,10-13H,2,8H2,1H3,(H,16,17)/t10-,11-,12+,13-/m1/s1. The SMILES string of the molecule is CCOC(=O)[C@@H]1C[C@H]2O[C@H]2[C@H]1NC(=O)c1ccccc1. The zero-order valence-corrected chi connectivity index (χ0v) is 11.2. The lowest BCUT2D eigenvalue weighted by Crippen LogP contribution is -2.44. The van der Waals surface area contributed by atoms with Crippen molar-refractivity contribution in [3.05, 3.63) is 35.9 Å². The Bertz CT molecular complexity index is 516. The third-order valence-electron chi connectivity index (χ3n) is 3.82. The number of benzene rings is 1. The van der Waals surface area contributed by atoms with Gasteiger partial charge in [-0.25, -0.2) is 0 Å². The molecule has 5 nitrogen and oxygen atoms in total. The first kappa shape index (κ1) is 13.1. The molecule has 0 bridgehead atoms. The van der Waals surface area contributed by atoms with E-state index in [-0.39, 0.29) is 36.0 Å². The van der Waals surface area contributed by atoms with E-state index in [2.05, 4.69) is 5.32 Å². The van der Waals surface area contributed by atoms with E-state index in [4.69, 9.17) is 9.47 Å². The lowest BCUT2D eigenvalue weighted by Gasteiger charge is -2.21. The Hall–Kier alpha value is -1.88. The van der Waals surface area contributed by atoms with Crippen LogP contribution < -0.4 is 5.32 Å². The second-order valence-electron chi connectivity index (χ2n) is 5.10.